The Bertz CT molecular complexity index is 626. The molecule has 0 aromatic rings. The molecule has 0 unspecified atom stereocenters. The number of aliphatic hydroxyl groups excluding tert-OH is 7. The van der Waals surface area contributed by atoms with Crippen molar-refractivity contribution in [1.82, 2.24) is 0 Å². The Balaban J connectivity index is 1.56. The van der Waals surface area contributed by atoms with Crippen LogP contribution in [0, 0.1) is 0 Å². The van der Waals surface area contributed by atoms with Crippen molar-refractivity contribution < 1.29 is 59.4 Å². The number of ether oxygens (including phenoxy) is 5. The minimum atomic E-state index is -1.62. The highest BCUT2D eigenvalue weighted by atomic mass is 16.7. The normalized spacial score (nSPS) is 34.8. The lowest BCUT2D eigenvalue weighted by Gasteiger charge is -2.42. The molecule has 12 heteroatoms. The molecule has 10 atom stereocenters. The van der Waals surface area contributed by atoms with E-state index in [-0.39, 0.29) is 13.2 Å². The van der Waals surface area contributed by atoms with Gasteiger partial charge in [-0.2, -0.15) is 0 Å². The van der Waals surface area contributed by atoms with E-state index in [1.165, 1.54) is 64.2 Å². The molecule has 0 aromatic carbocycles. The van der Waals surface area contributed by atoms with Crippen LogP contribution in [-0.4, -0.2) is 130 Å². The SMILES string of the molecule is CCCCCCCCCCCCCCOCCO[C@H]1O[C@H](CO[C@H]2O[C@H](CO)[C@H](O)[C@H](O)[C@H]2O)[C@@H](O)[C@H](O)[C@H]1O. The third kappa shape index (κ3) is 12.0. The third-order valence-electron chi connectivity index (χ3n) is 7.59. The van der Waals surface area contributed by atoms with Gasteiger partial charge < -0.3 is 59.4 Å². The van der Waals surface area contributed by atoms with E-state index in [1.54, 1.807) is 0 Å². The summed E-state index contributed by atoms with van der Waals surface area (Å²) in [6.07, 6.45) is 0.838. The zero-order valence-electron chi connectivity index (χ0n) is 24.0. The van der Waals surface area contributed by atoms with Crippen molar-refractivity contribution in [2.75, 3.05) is 33.0 Å². The highest BCUT2D eigenvalue weighted by molar-refractivity contribution is 4.91. The number of hydrogen-bond donors (Lipinski definition) is 7. The second kappa shape index (κ2) is 20.4. The smallest absolute Gasteiger partial charge is 0.186 e. The van der Waals surface area contributed by atoms with E-state index in [0.29, 0.717) is 6.61 Å². The van der Waals surface area contributed by atoms with Gasteiger partial charge >= 0.3 is 0 Å². The van der Waals surface area contributed by atoms with Gasteiger partial charge in [0.1, 0.15) is 48.8 Å². The van der Waals surface area contributed by atoms with Crippen LogP contribution in [0.5, 0.6) is 0 Å². The van der Waals surface area contributed by atoms with Crippen molar-refractivity contribution in [1.29, 1.82) is 0 Å². The van der Waals surface area contributed by atoms with Crippen molar-refractivity contribution in [3.8, 4) is 0 Å². The van der Waals surface area contributed by atoms with Gasteiger partial charge in [0.05, 0.1) is 26.4 Å². The zero-order valence-corrected chi connectivity index (χ0v) is 24.0. The van der Waals surface area contributed by atoms with E-state index >= 15 is 0 Å². The minimum Gasteiger partial charge on any atom is -0.394 e. The molecule has 0 aromatic heterocycles. The van der Waals surface area contributed by atoms with Crippen LogP contribution in [0.2, 0.25) is 0 Å². The summed E-state index contributed by atoms with van der Waals surface area (Å²) in [6, 6.07) is 0. The summed E-state index contributed by atoms with van der Waals surface area (Å²) < 4.78 is 27.4. The average Bonchev–Trinajstić information content (AvgIpc) is 2.95. The fourth-order valence-corrected chi connectivity index (χ4v) is 4.96. The largest absolute Gasteiger partial charge is 0.394 e. The number of unbranched alkanes of at least 4 members (excludes halogenated alkanes) is 11. The third-order valence-corrected chi connectivity index (χ3v) is 7.59. The Morgan fingerprint density at radius 1 is 0.500 bits per heavy atom. The first-order chi connectivity index (χ1) is 19.3. The topological polar surface area (TPSA) is 188 Å². The van der Waals surface area contributed by atoms with E-state index in [0.717, 1.165) is 12.8 Å². The molecule has 2 rings (SSSR count). The molecule has 0 spiro atoms. The summed E-state index contributed by atoms with van der Waals surface area (Å²) in [6.45, 7) is 2.20. The highest BCUT2D eigenvalue weighted by Gasteiger charge is 2.47. The Morgan fingerprint density at radius 3 is 1.52 bits per heavy atom. The molecule has 0 bridgehead atoms. The van der Waals surface area contributed by atoms with Gasteiger partial charge in [-0.3, -0.25) is 0 Å². The molecule has 2 aliphatic heterocycles. The summed E-state index contributed by atoms with van der Waals surface area (Å²) in [4.78, 5) is 0. The van der Waals surface area contributed by atoms with E-state index < -0.39 is 74.6 Å². The summed E-state index contributed by atoms with van der Waals surface area (Å²) in [5.41, 5.74) is 0. The van der Waals surface area contributed by atoms with Crippen molar-refractivity contribution in [2.24, 2.45) is 0 Å². The van der Waals surface area contributed by atoms with Crippen LogP contribution < -0.4 is 0 Å². The van der Waals surface area contributed by atoms with Gasteiger partial charge in [0.15, 0.2) is 12.6 Å². The zero-order chi connectivity index (χ0) is 29.3. The van der Waals surface area contributed by atoms with Crippen LogP contribution >= 0.6 is 0 Å². The second-order valence-electron chi connectivity index (χ2n) is 10.9. The first kappa shape index (κ1) is 35.7. The van der Waals surface area contributed by atoms with Gasteiger partial charge in [0.2, 0.25) is 0 Å². The molecule has 2 saturated heterocycles. The van der Waals surface area contributed by atoms with Crippen LogP contribution in [0.3, 0.4) is 0 Å². The summed E-state index contributed by atoms with van der Waals surface area (Å²) in [5, 5.41) is 69.9. The fraction of sp³-hybridized carbons (Fsp3) is 1.00. The molecule has 2 aliphatic rings. The van der Waals surface area contributed by atoms with Gasteiger partial charge in [0.25, 0.3) is 0 Å². The quantitative estimate of drug-likeness (QED) is 0.0922. The monoisotopic (exact) mass is 582 g/mol. The summed E-state index contributed by atoms with van der Waals surface area (Å²) in [5.74, 6) is 0. The van der Waals surface area contributed by atoms with Gasteiger partial charge in [-0.25, -0.2) is 0 Å². The van der Waals surface area contributed by atoms with Crippen LogP contribution in [-0.2, 0) is 23.7 Å². The fourth-order valence-electron chi connectivity index (χ4n) is 4.96. The molecule has 2 heterocycles. The van der Waals surface area contributed by atoms with Crippen LogP contribution in [0.25, 0.3) is 0 Å². The summed E-state index contributed by atoms with van der Waals surface area (Å²) in [7, 11) is 0. The molecule has 12 nitrogen and oxygen atoms in total. The van der Waals surface area contributed by atoms with E-state index in [9.17, 15) is 35.7 Å². The highest BCUT2D eigenvalue weighted by Crippen LogP contribution is 2.26. The number of rotatable bonds is 21. The van der Waals surface area contributed by atoms with Crippen molar-refractivity contribution >= 4 is 0 Å². The maximum absolute atomic E-state index is 10.3. The molecule has 0 aliphatic carbocycles. The second-order valence-corrected chi connectivity index (χ2v) is 10.9. The molecule has 0 saturated carbocycles. The molecule has 2 fully saturated rings. The van der Waals surface area contributed by atoms with Crippen LogP contribution in [0.15, 0.2) is 0 Å². The van der Waals surface area contributed by atoms with Crippen molar-refractivity contribution in [2.45, 2.75) is 145 Å². The van der Waals surface area contributed by atoms with Crippen LogP contribution in [0.1, 0.15) is 84.0 Å². The lowest BCUT2D eigenvalue weighted by atomic mass is 9.98. The van der Waals surface area contributed by atoms with Crippen LogP contribution in [0.4, 0.5) is 0 Å². The molecule has 0 amide bonds. The first-order valence-corrected chi connectivity index (χ1v) is 15.1. The van der Waals surface area contributed by atoms with E-state index in [1.807, 2.05) is 0 Å². The number of hydrogen-bond acceptors (Lipinski definition) is 12. The average molecular weight is 583 g/mol. The Labute approximate surface area is 238 Å². The Kier molecular flexibility index (Phi) is 18.2. The van der Waals surface area contributed by atoms with E-state index in [4.69, 9.17) is 23.7 Å². The lowest BCUT2D eigenvalue weighted by Crippen LogP contribution is -2.61. The van der Waals surface area contributed by atoms with Gasteiger partial charge in [0, 0.05) is 6.61 Å². The molecular weight excluding hydrogens is 528 g/mol. The molecule has 7 N–H and O–H groups in total. The Hall–Kier alpha value is -0.480. The first-order valence-electron chi connectivity index (χ1n) is 15.1. The van der Waals surface area contributed by atoms with Gasteiger partial charge in [-0.05, 0) is 6.42 Å². The summed E-state index contributed by atoms with van der Waals surface area (Å²) >= 11 is 0. The standard InChI is InChI=1S/C28H54O12/c1-2-3-4-5-6-7-8-9-10-11-12-13-14-36-15-16-37-27-25(34)24(33)22(31)20(40-27)18-38-28-26(35)23(32)21(30)19(17-29)39-28/h19-35H,2-18H2,1H3/t19-,20-,21+,22-,23+,24+,25-,26-,27+,28+/m1/s1. The maximum Gasteiger partial charge on any atom is 0.186 e. The van der Waals surface area contributed by atoms with E-state index in [2.05, 4.69) is 6.92 Å². The number of aliphatic hydroxyl groups is 7. The van der Waals surface area contributed by atoms with Crippen molar-refractivity contribution in [3.05, 3.63) is 0 Å². The molecular formula is C28H54O12. The Morgan fingerprint density at radius 2 is 0.975 bits per heavy atom. The molecule has 238 valence electrons. The maximum atomic E-state index is 10.3. The predicted octanol–water partition coefficient (Wildman–Crippen LogP) is 0.345. The van der Waals surface area contributed by atoms with Gasteiger partial charge in [-0.15, -0.1) is 0 Å². The molecule has 40 heavy (non-hydrogen) atoms. The minimum absolute atomic E-state index is 0.100. The van der Waals surface area contributed by atoms with Crippen molar-refractivity contribution in [3.63, 3.8) is 0 Å². The lowest BCUT2D eigenvalue weighted by molar-refractivity contribution is -0.331. The predicted molar refractivity (Wildman–Crippen MR) is 144 cm³/mol. The molecule has 0 radical (unpaired) electrons. The van der Waals surface area contributed by atoms with Gasteiger partial charge in [-0.1, -0.05) is 77.6 Å².